The maximum absolute atomic E-state index is 12.1. The van der Waals surface area contributed by atoms with Gasteiger partial charge in [-0.25, -0.2) is 14.6 Å². The van der Waals surface area contributed by atoms with Gasteiger partial charge in [-0.2, -0.15) is 0 Å². The highest BCUT2D eigenvalue weighted by Gasteiger charge is 2.24. The number of imidazole rings is 1. The Morgan fingerprint density at radius 1 is 1.26 bits per heavy atom. The van der Waals surface area contributed by atoms with Crippen LogP contribution in [0.1, 0.15) is 26.2 Å². The molecule has 8 nitrogen and oxygen atoms in total. The summed E-state index contributed by atoms with van der Waals surface area (Å²) in [6.07, 6.45) is 3.88. The zero-order valence-corrected chi connectivity index (χ0v) is 15.7. The molecule has 0 saturated carbocycles. The molecule has 0 bridgehead atoms. The van der Waals surface area contributed by atoms with Crippen molar-refractivity contribution in [2.45, 2.75) is 38.8 Å². The molecule has 2 aromatic rings. The molecule has 2 heterocycles. The predicted octanol–water partition coefficient (Wildman–Crippen LogP) is 2.35. The molecule has 2 N–H and O–H groups in total. The number of benzene rings is 1. The molecule has 1 aromatic heterocycles. The predicted molar refractivity (Wildman–Crippen MR) is 103 cm³/mol. The molecule has 0 radical (unpaired) electrons. The normalized spacial score (nSPS) is 14.9. The van der Waals surface area contributed by atoms with E-state index in [-0.39, 0.29) is 18.2 Å². The number of nitrogens with one attached hydrogen (secondary N) is 2. The summed E-state index contributed by atoms with van der Waals surface area (Å²) in [7, 11) is 0. The third-order valence-electron chi connectivity index (χ3n) is 4.74. The van der Waals surface area contributed by atoms with Gasteiger partial charge in [0.25, 0.3) is 0 Å². The molecular formula is C19H27N5O3. The summed E-state index contributed by atoms with van der Waals surface area (Å²) < 4.78 is 7.10. The topological polar surface area (TPSA) is 88.5 Å². The fourth-order valence-electron chi connectivity index (χ4n) is 3.30. The van der Waals surface area contributed by atoms with E-state index in [9.17, 15) is 9.59 Å². The highest BCUT2D eigenvalue weighted by molar-refractivity contribution is 5.75. The number of amides is 3. The molecule has 1 aromatic carbocycles. The molecule has 27 heavy (non-hydrogen) atoms. The van der Waals surface area contributed by atoms with Crippen molar-refractivity contribution in [1.82, 2.24) is 25.1 Å². The zero-order chi connectivity index (χ0) is 19.1. The van der Waals surface area contributed by atoms with E-state index in [2.05, 4.69) is 20.2 Å². The first kappa shape index (κ1) is 19.0. The molecule has 1 saturated heterocycles. The summed E-state index contributed by atoms with van der Waals surface area (Å²) in [5.74, 6) is 0. The Hall–Kier alpha value is -2.77. The summed E-state index contributed by atoms with van der Waals surface area (Å²) in [6, 6.07) is 7.95. The molecule has 0 aliphatic carbocycles. The van der Waals surface area contributed by atoms with E-state index in [1.165, 1.54) is 0 Å². The van der Waals surface area contributed by atoms with Gasteiger partial charge in [-0.1, -0.05) is 12.1 Å². The van der Waals surface area contributed by atoms with Crippen LogP contribution in [0, 0.1) is 0 Å². The van der Waals surface area contributed by atoms with Crippen LogP contribution in [0.3, 0.4) is 0 Å². The zero-order valence-electron chi connectivity index (χ0n) is 15.7. The molecule has 1 aliphatic heterocycles. The van der Waals surface area contributed by atoms with Gasteiger partial charge in [0.1, 0.15) is 0 Å². The Morgan fingerprint density at radius 3 is 2.81 bits per heavy atom. The number of urea groups is 1. The van der Waals surface area contributed by atoms with E-state index in [1.807, 2.05) is 30.6 Å². The van der Waals surface area contributed by atoms with E-state index in [0.717, 1.165) is 36.8 Å². The number of hydrogen-bond donors (Lipinski definition) is 2. The molecule has 1 fully saturated rings. The molecule has 3 amide bonds. The van der Waals surface area contributed by atoms with Crippen LogP contribution < -0.4 is 10.6 Å². The van der Waals surface area contributed by atoms with Crippen molar-refractivity contribution >= 4 is 23.2 Å². The second-order valence-corrected chi connectivity index (χ2v) is 6.64. The number of aromatic nitrogens is 2. The van der Waals surface area contributed by atoms with Crippen LogP contribution in [-0.2, 0) is 11.3 Å². The lowest BCUT2D eigenvalue weighted by Gasteiger charge is -2.31. The highest BCUT2D eigenvalue weighted by Crippen LogP contribution is 2.12. The summed E-state index contributed by atoms with van der Waals surface area (Å²) in [6.45, 7) is 4.80. The van der Waals surface area contributed by atoms with E-state index < -0.39 is 0 Å². The third-order valence-corrected chi connectivity index (χ3v) is 4.74. The summed E-state index contributed by atoms with van der Waals surface area (Å²) in [5, 5.41) is 5.89. The van der Waals surface area contributed by atoms with E-state index in [1.54, 1.807) is 11.8 Å². The molecule has 0 atom stereocenters. The Balaban J connectivity index is 1.33. The maximum Gasteiger partial charge on any atom is 0.409 e. The average molecular weight is 373 g/mol. The number of piperidine rings is 1. The van der Waals surface area contributed by atoms with Crippen LogP contribution in [0.2, 0.25) is 0 Å². The highest BCUT2D eigenvalue weighted by atomic mass is 16.6. The number of likely N-dealkylation sites (tertiary alicyclic amines) is 1. The van der Waals surface area contributed by atoms with Gasteiger partial charge in [-0.3, -0.25) is 0 Å². The van der Waals surface area contributed by atoms with Gasteiger partial charge < -0.3 is 24.8 Å². The van der Waals surface area contributed by atoms with Crippen molar-refractivity contribution in [1.29, 1.82) is 0 Å². The maximum atomic E-state index is 12.1. The van der Waals surface area contributed by atoms with Crippen molar-refractivity contribution in [3.05, 3.63) is 30.6 Å². The lowest BCUT2D eigenvalue weighted by atomic mass is 10.1. The fraction of sp³-hybridized carbons (Fsp3) is 0.526. The average Bonchev–Trinajstić information content (AvgIpc) is 3.09. The van der Waals surface area contributed by atoms with Crippen molar-refractivity contribution < 1.29 is 14.3 Å². The van der Waals surface area contributed by atoms with Crippen LogP contribution >= 0.6 is 0 Å². The second kappa shape index (κ2) is 9.25. The van der Waals surface area contributed by atoms with Crippen LogP contribution in [0.25, 0.3) is 11.0 Å². The van der Waals surface area contributed by atoms with Crippen molar-refractivity contribution in [2.24, 2.45) is 0 Å². The SMILES string of the molecule is CCOC(=O)N1CCC(NC(=O)NCCCn2cnc3ccccc32)CC1. The van der Waals surface area contributed by atoms with Gasteiger partial charge in [0, 0.05) is 32.2 Å². The van der Waals surface area contributed by atoms with E-state index in [4.69, 9.17) is 4.74 Å². The number of fused-ring (bicyclic) bond motifs is 1. The number of aryl methyl sites for hydroxylation is 1. The van der Waals surface area contributed by atoms with E-state index in [0.29, 0.717) is 26.2 Å². The summed E-state index contributed by atoms with van der Waals surface area (Å²) in [5.41, 5.74) is 2.09. The Kier molecular flexibility index (Phi) is 6.51. The number of carbonyl (C=O) groups excluding carboxylic acids is 2. The Morgan fingerprint density at radius 2 is 2.04 bits per heavy atom. The first-order valence-electron chi connectivity index (χ1n) is 9.53. The smallest absolute Gasteiger partial charge is 0.409 e. The number of carbonyl (C=O) groups is 2. The largest absolute Gasteiger partial charge is 0.450 e. The molecule has 0 unspecified atom stereocenters. The number of nitrogens with zero attached hydrogens (tertiary/aromatic N) is 3. The fourth-order valence-corrected chi connectivity index (χ4v) is 3.30. The molecule has 0 spiro atoms. The number of rotatable bonds is 6. The molecule has 3 rings (SSSR count). The number of ether oxygens (including phenoxy) is 1. The van der Waals surface area contributed by atoms with Gasteiger partial charge >= 0.3 is 12.1 Å². The molecule has 1 aliphatic rings. The minimum absolute atomic E-state index is 0.0910. The standard InChI is InChI=1S/C19H27N5O3/c1-2-27-19(26)23-12-8-15(9-13-23)22-18(25)20-10-5-11-24-14-21-16-6-3-4-7-17(16)24/h3-4,6-7,14-15H,2,5,8-13H2,1H3,(H2,20,22,25). The quantitative estimate of drug-likeness (QED) is 0.761. The summed E-state index contributed by atoms with van der Waals surface area (Å²) in [4.78, 5) is 29.8. The Bertz CT molecular complexity index is 768. The van der Waals surface area contributed by atoms with Gasteiger partial charge in [0.2, 0.25) is 0 Å². The number of hydrogen-bond acceptors (Lipinski definition) is 4. The van der Waals surface area contributed by atoms with Crippen LogP contribution in [0.5, 0.6) is 0 Å². The first-order chi connectivity index (χ1) is 13.2. The molecule has 8 heteroatoms. The van der Waals surface area contributed by atoms with Crippen molar-refractivity contribution in [3.8, 4) is 0 Å². The number of para-hydroxylation sites is 2. The summed E-state index contributed by atoms with van der Waals surface area (Å²) >= 11 is 0. The van der Waals surface area contributed by atoms with Gasteiger partial charge in [-0.15, -0.1) is 0 Å². The van der Waals surface area contributed by atoms with E-state index >= 15 is 0 Å². The minimum Gasteiger partial charge on any atom is -0.450 e. The van der Waals surface area contributed by atoms with Gasteiger partial charge in [-0.05, 0) is 38.3 Å². The second-order valence-electron chi connectivity index (χ2n) is 6.64. The minimum atomic E-state index is -0.271. The van der Waals surface area contributed by atoms with Gasteiger partial charge in [0.05, 0.1) is 24.0 Å². The van der Waals surface area contributed by atoms with Crippen LogP contribution in [0.15, 0.2) is 30.6 Å². The molecular weight excluding hydrogens is 346 g/mol. The molecule has 146 valence electrons. The third kappa shape index (κ3) is 5.12. The Labute approximate surface area is 158 Å². The lowest BCUT2D eigenvalue weighted by molar-refractivity contribution is 0.0957. The lowest BCUT2D eigenvalue weighted by Crippen LogP contribution is -2.49. The van der Waals surface area contributed by atoms with Crippen LogP contribution in [-0.4, -0.2) is 58.9 Å². The monoisotopic (exact) mass is 373 g/mol. The van der Waals surface area contributed by atoms with Gasteiger partial charge in [0.15, 0.2) is 0 Å². The first-order valence-corrected chi connectivity index (χ1v) is 9.53. The van der Waals surface area contributed by atoms with Crippen LogP contribution in [0.4, 0.5) is 9.59 Å². The van der Waals surface area contributed by atoms with Crippen molar-refractivity contribution in [3.63, 3.8) is 0 Å². The van der Waals surface area contributed by atoms with Crippen molar-refractivity contribution in [2.75, 3.05) is 26.2 Å².